The molecule has 1 aliphatic rings. The van der Waals surface area contributed by atoms with E-state index in [-0.39, 0.29) is 5.78 Å². The molecule has 1 nitrogen and oxygen atoms in total. The molecule has 48 valence electrons. The third-order valence-electron chi connectivity index (χ3n) is 1.22. The maximum absolute atomic E-state index is 10.7. The first-order valence-electron chi connectivity index (χ1n) is 2.83. The zero-order chi connectivity index (χ0) is 6.69. The van der Waals surface area contributed by atoms with Gasteiger partial charge in [-0.15, -0.1) is 0 Å². The minimum absolute atomic E-state index is 0.182. The van der Waals surface area contributed by atoms with Crippen LogP contribution in [0.1, 0.15) is 6.42 Å². The summed E-state index contributed by atoms with van der Waals surface area (Å²) >= 11 is 4.05. The first kappa shape index (κ1) is 6.62. The van der Waals surface area contributed by atoms with Gasteiger partial charge in [-0.05, 0) is 6.08 Å². The number of rotatable bonds is 1. The van der Waals surface area contributed by atoms with E-state index in [0.717, 1.165) is 5.57 Å². The number of hydrogen-bond donors (Lipinski definition) is 1. The standard InChI is InChI=1S/C7H8OS/c8-7-3-1-2-6(4-7)5-9/h1-3,9H,4-5H2. The lowest BCUT2D eigenvalue weighted by atomic mass is 10.1. The second-order valence-corrected chi connectivity index (χ2v) is 2.30. The molecular weight excluding hydrogens is 132 g/mol. The Morgan fingerprint density at radius 3 is 2.89 bits per heavy atom. The molecule has 0 unspecified atom stereocenters. The number of hydrogen-bond acceptors (Lipinski definition) is 2. The van der Waals surface area contributed by atoms with Crippen molar-refractivity contribution in [1.29, 1.82) is 0 Å². The van der Waals surface area contributed by atoms with Crippen LogP contribution in [0.3, 0.4) is 0 Å². The zero-order valence-corrected chi connectivity index (χ0v) is 5.90. The number of thiol groups is 1. The fourth-order valence-electron chi connectivity index (χ4n) is 0.742. The molecule has 0 bridgehead atoms. The third-order valence-corrected chi connectivity index (χ3v) is 1.62. The Balaban J connectivity index is 2.65. The summed E-state index contributed by atoms with van der Waals surface area (Å²) in [6.45, 7) is 0. The van der Waals surface area contributed by atoms with E-state index >= 15 is 0 Å². The normalized spacial score (nSPS) is 17.9. The van der Waals surface area contributed by atoms with Gasteiger partial charge in [0.25, 0.3) is 0 Å². The van der Waals surface area contributed by atoms with Gasteiger partial charge < -0.3 is 0 Å². The highest BCUT2D eigenvalue weighted by Gasteiger charge is 2.03. The van der Waals surface area contributed by atoms with Crippen LogP contribution < -0.4 is 0 Å². The Morgan fingerprint density at radius 2 is 2.44 bits per heavy atom. The Labute approximate surface area is 59.9 Å². The van der Waals surface area contributed by atoms with Crippen molar-refractivity contribution in [1.82, 2.24) is 0 Å². The number of allylic oxidation sites excluding steroid dienone is 3. The predicted molar refractivity (Wildman–Crippen MR) is 40.7 cm³/mol. The topological polar surface area (TPSA) is 17.1 Å². The lowest BCUT2D eigenvalue weighted by Crippen LogP contribution is -1.99. The van der Waals surface area contributed by atoms with Gasteiger partial charge in [-0.3, -0.25) is 4.79 Å². The van der Waals surface area contributed by atoms with Gasteiger partial charge >= 0.3 is 0 Å². The van der Waals surface area contributed by atoms with Gasteiger partial charge in [-0.25, -0.2) is 0 Å². The molecule has 0 amide bonds. The summed E-state index contributed by atoms with van der Waals surface area (Å²) in [5, 5.41) is 0. The van der Waals surface area contributed by atoms with Crippen molar-refractivity contribution in [3.8, 4) is 0 Å². The van der Waals surface area contributed by atoms with Crippen LogP contribution in [0.4, 0.5) is 0 Å². The van der Waals surface area contributed by atoms with Gasteiger partial charge in [0, 0.05) is 12.2 Å². The highest BCUT2D eigenvalue weighted by molar-refractivity contribution is 7.80. The molecule has 0 aliphatic heterocycles. The van der Waals surface area contributed by atoms with E-state index < -0.39 is 0 Å². The largest absolute Gasteiger partial charge is 0.294 e. The first-order valence-corrected chi connectivity index (χ1v) is 3.46. The molecule has 0 N–H and O–H groups in total. The molecule has 0 heterocycles. The Kier molecular flexibility index (Phi) is 2.11. The highest BCUT2D eigenvalue weighted by Crippen LogP contribution is 2.09. The van der Waals surface area contributed by atoms with E-state index in [1.807, 2.05) is 6.08 Å². The van der Waals surface area contributed by atoms with Crippen LogP contribution in [0.5, 0.6) is 0 Å². The summed E-state index contributed by atoms with van der Waals surface area (Å²) < 4.78 is 0. The lowest BCUT2D eigenvalue weighted by Gasteiger charge is -2.02. The summed E-state index contributed by atoms with van der Waals surface area (Å²) in [5.41, 5.74) is 1.10. The monoisotopic (exact) mass is 140 g/mol. The van der Waals surface area contributed by atoms with Crippen LogP contribution in [0, 0.1) is 0 Å². The first-order chi connectivity index (χ1) is 4.33. The molecule has 0 atom stereocenters. The second-order valence-electron chi connectivity index (χ2n) is 1.99. The van der Waals surface area contributed by atoms with E-state index in [2.05, 4.69) is 12.6 Å². The SMILES string of the molecule is O=C1C=CC=C(CS)C1. The van der Waals surface area contributed by atoms with Gasteiger partial charge in [0.15, 0.2) is 5.78 Å². The maximum atomic E-state index is 10.7. The molecule has 0 saturated heterocycles. The number of carbonyl (C=O) groups excluding carboxylic acids is 1. The van der Waals surface area contributed by atoms with E-state index in [1.54, 1.807) is 12.2 Å². The number of carbonyl (C=O) groups is 1. The third kappa shape index (κ3) is 1.72. The number of ketones is 1. The van der Waals surface area contributed by atoms with E-state index in [4.69, 9.17) is 0 Å². The predicted octanol–water partition coefficient (Wildman–Crippen LogP) is 1.37. The molecular formula is C7H8OS. The van der Waals surface area contributed by atoms with Crippen molar-refractivity contribution in [3.05, 3.63) is 23.8 Å². The average Bonchev–Trinajstić information content (AvgIpc) is 1.88. The minimum Gasteiger partial charge on any atom is -0.294 e. The van der Waals surface area contributed by atoms with Crippen molar-refractivity contribution in [2.24, 2.45) is 0 Å². The van der Waals surface area contributed by atoms with E-state index in [9.17, 15) is 4.79 Å². The van der Waals surface area contributed by atoms with Gasteiger partial charge in [-0.1, -0.05) is 17.7 Å². The molecule has 0 aromatic carbocycles. The fourth-order valence-corrected chi connectivity index (χ4v) is 0.959. The van der Waals surface area contributed by atoms with Gasteiger partial charge in [-0.2, -0.15) is 12.6 Å². The molecule has 0 aromatic heterocycles. The lowest BCUT2D eigenvalue weighted by molar-refractivity contribution is -0.114. The summed E-state index contributed by atoms with van der Waals surface area (Å²) in [5.74, 6) is 0.873. The summed E-state index contributed by atoms with van der Waals surface area (Å²) in [4.78, 5) is 10.7. The van der Waals surface area contributed by atoms with Crippen LogP contribution in [0.25, 0.3) is 0 Å². The second kappa shape index (κ2) is 2.87. The molecule has 1 rings (SSSR count). The molecule has 1 aliphatic carbocycles. The molecule has 0 spiro atoms. The van der Waals surface area contributed by atoms with Crippen molar-refractivity contribution >= 4 is 18.4 Å². The Hall–Kier alpha value is -0.500. The summed E-state index contributed by atoms with van der Waals surface area (Å²) in [7, 11) is 0. The average molecular weight is 140 g/mol. The Morgan fingerprint density at radius 1 is 1.67 bits per heavy atom. The summed E-state index contributed by atoms with van der Waals surface area (Å²) in [6, 6.07) is 0. The van der Waals surface area contributed by atoms with E-state index in [0.29, 0.717) is 12.2 Å². The van der Waals surface area contributed by atoms with Crippen molar-refractivity contribution < 1.29 is 4.79 Å². The van der Waals surface area contributed by atoms with Crippen molar-refractivity contribution in [2.75, 3.05) is 5.75 Å². The maximum Gasteiger partial charge on any atom is 0.159 e. The van der Waals surface area contributed by atoms with Crippen molar-refractivity contribution in [2.45, 2.75) is 6.42 Å². The zero-order valence-electron chi connectivity index (χ0n) is 5.00. The van der Waals surface area contributed by atoms with Crippen LogP contribution in [0.15, 0.2) is 23.8 Å². The highest BCUT2D eigenvalue weighted by atomic mass is 32.1. The van der Waals surface area contributed by atoms with Crippen LogP contribution in [-0.2, 0) is 4.79 Å². The molecule has 0 radical (unpaired) electrons. The molecule has 0 saturated carbocycles. The smallest absolute Gasteiger partial charge is 0.159 e. The van der Waals surface area contributed by atoms with Crippen LogP contribution in [0.2, 0.25) is 0 Å². The minimum atomic E-state index is 0.182. The fraction of sp³-hybridized carbons (Fsp3) is 0.286. The quantitative estimate of drug-likeness (QED) is 0.544. The summed E-state index contributed by atoms with van der Waals surface area (Å²) in [6.07, 6.45) is 5.86. The van der Waals surface area contributed by atoms with Gasteiger partial charge in [0.05, 0.1) is 0 Å². The van der Waals surface area contributed by atoms with Crippen LogP contribution >= 0.6 is 12.6 Å². The van der Waals surface area contributed by atoms with Crippen LogP contribution in [-0.4, -0.2) is 11.5 Å². The van der Waals surface area contributed by atoms with E-state index in [1.165, 1.54) is 0 Å². The molecule has 2 heteroatoms. The molecule has 0 fully saturated rings. The van der Waals surface area contributed by atoms with Gasteiger partial charge in [0.2, 0.25) is 0 Å². The van der Waals surface area contributed by atoms with Crippen molar-refractivity contribution in [3.63, 3.8) is 0 Å². The molecule has 0 aromatic rings. The Bertz CT molecular complexity index is 179. The molecule has 9 heavy (non-hydrogen) atoms. The van der Waals surface area contributed by atoms with Gasteiger partial charge in [0.1, 0.15) is 0 Å².